The maximum atomic E-state index is 10.1. The molecule has 0 aliphatic heterocycles. The first-order valence-electron chi connectivity index (χ1n) is 10.9. The third kappa shape index (κ3) is 5.44. The molecule has 0 unspecified atom stereocenters. The summed E-state index contributed by atoms with van der Waals surface area (Å²) in [6.07, 6.45) is -0.443. The molecule has 5 nitrogen and oxygen atoms in total. The van der Waals surface area contributed by atoms with Crippen molar-refractivity contribution in [2.45, 2.75) is 33.0 Å². The normalized spacial score (nSPS) is 12.1. The second-order valence-electron chi connectivity index (χ2n) is 8.04. The van der Waals surface area contributed by atoms with E-state index in [2.05, 4.69) is 17.0 Å². The second kappa shape index (κ2) is 10.3. The Kier molecular flexibility index (Phi) is 7.00. The molecule has 5 heteroatoms. The van der Waals surface area contributed by atoms with E-state index in [9.17, 15) is 5.11 Å². The lowest BCUT2D eigenvalue weighted by atomic mass is 10.1. The minimum atomic E-state index is -0.443. The topological polar surface area (TPSA) is 50.5 Å². The molecule has 4 rings (SSSR count). The lowest BCUT2D eigenvalue weighted by Gasteiger charge is -2.24. The summed E-state index contributed by atoms with van der Waals surface area (Å²) in [5.41, 5.74) is 4.06. The van der Waals surface area contributed by atoms with Crippen LogP contribution in [0.15, 0.2) is 91.0 Å². The molecule has 3 aromatic carbocycles. The van der Waals surface area contributed by atoms with E-state index < -0.39 is 6.10 Å². The largest absolute Gasteiger partial charge is 0.439 e. The van der Waals surface area contributed by atoms with Crippen LogP contribution in [0, 0.1) is 6.92 Å². The molecule has 0 amide bonds. The summed E-state index contributed by atoms with van der Waals surface area (Å²) in [5.74, 6) is 1.46. The molecule has 1 N–H and O–H groups in total. The van der Waals surface area contributed by atoms with Crippen LogP contribution in [0.25, 0.3) is 5.69 Å². The summed E-state index contributed by atoms with van der Waals surface area (Å²) in [4.78, 5) is 2.23. The highest BCUT2D eigenvalue weighted by atomic mass is 16.5. The number of aliphatic hydroxyl groups is 1. The maximum Gasteiger partial charge on any atom is 0.227 e. The fourth-order valence-electron chi connectivity index (χ4n) is 3.79. The highest BCUT2D eigenvalue weighted by Gasteiger charge is 2.22. The van der Waals surface area contributed by atoms with Gasteiger partial charge in [-0.2, -0.15) is 5.10 Å². The van der Waals surface area contributed by atoms with Gasteiger partial charge in [-0.1, -0.05) is 66.7 Å². The van der Waals surface area contributed by atoms with Crippen LogP contribution in [0.4, 0.5) is 0 Å². The lowest BCUT2D eigenvalue weighted by Crippen LogP contribution is -2.30. The van der Waals surface area contributed by atoms with Gasteiger partial charge in [0.15, 0.2) is 0 Å². The SMILES string of the molecule is Cc1nn(-c2ccccc2)c(Oc2ccccc2)c1CN(Cc1ccccc1)C[C@@H](C)O. The number of para-hydroxylation sites is 2. The van der Waals surface area contributed by atoms with Crippen LogP contribution in [0.2, 0.25) is 0 Å². The summed E-state index contributed by atoms with van der Waals surface area (Å²) in [6, 6.07) is 30.1. The van der Waals surface area contributed by atoms with Crippen molar-refractivity contribution in [1.29, 1.82) is 0 Å². The molecule has 0 spiro atoms. The molecule has 0 saturated heterocycles. The number of nitrogens with zero attached hydrogens (tertiary/aromatic N) is 3. The van der Waals surface area contributed by atoms with Crippen LogP contribution in [-0.4, -0.2) is 32.4 Å². The number of hydrogen-bond donors (Lipinski definition) is 1. The summed E-state index contributed by atoms with van der Waals surface area (Å²) < 4.78 is 8.25. The Bertz CT molecular complexity index is 1110. The van der Waals surface area contributed by atoms with E-state index in [-0.39, 0.29) is 0 Å². The lowest BCUT2D eigenvalue weighted by molar-refractivity contribution is 0.117. The summed E-state index contributed by atoms with van der Waals surface area (Å²) in [7, 11) is 0. The van der Waals surface area contributed by atoms with E-state index in [1.54, 1.807) is 0 Å². The third-order valence-electron chi connectivity index (χ3n) is 5.25. The number of ether oxygens (including phenoxy) is 1. The van der Waals surface area contributed by atoms with Gasteiger partial charge in [0.2, 0.25) is 5.88 Å². The molecule has 0 aliphatic rings. The summed E-state index contributed by atoms with van der Waals surface area (Å²) in [6.45, 7) is 5.72. The number of aryl methyl sites for hydroxylation is 1. The Morgan fingerprint density at radius 1 is 0.875 bits per heavy atom. The van der Waals surface area contributed by atoms with Crippen LogP contribution < -0.4 is 4.74 Å². The Labute approximate surface area is 189 Å². The number of hydrogen-bond acceptors (Lipinski definition) is 4. The van der Waals surface area contributed by atoms with Gasteiger partial charge in [-0.05, 0) is 43.7 Å². The van der Waals surface area contributed by atoms with E-state index in [4.69, 9.17) is 9.84 Å². The van der Waals surface area contributed by atoms with Crippen molar-refractivity contribution < 1.29 is 9.84 Å². The van der Waals surface area contributed by atoms with Crippen molar-refractivity contribution >= 4 is 0 Å². The first-order chi connectivity index (χ1) is 15.6. The Hall–Kier alpha value is -3.41. The summed E-state index contributed by atoms with van der Waals surface area (Å²) in [5, 5.41) is 15.0. The number of aromatic nitrogens is 2. The van der Waals surface area contributed by atoms with E-state index >= 15 is 0 Å². The fourth-order valence-corrected chi connectivity index (χ4v) is 3.79. The van der Waals surface area contributed by atoms with E-state index in [1.807, 2.05) is 97.4 Å². The van der Waals surface area contributed by atoms with Crippen molar-refractivity contribution in [1.82, 2.24) is 14.7 Å². The van der Waals surface area contributed by atoms with Gasteiger partial charge in [0, 0.05) is 19.6 Å². The highest BCUT2D eigenvalue weighted by molar-refractivity contribution is 5.43. The van der Waals surface area contributed by atoms with Crippen LogP contribution >= 0.6 is 0 Å². The van der Waals surface area contributed by atoms with E-state index in [0.29, 0.717) is 19.0 Å². The van der Waals surface area contributed by atoms with Crippen LogP contribution in [0.1, 0.15) is 23.7 Å². The Morgan fingerprint density at radius 2 is 1.47 bits per heavy atom. The molecule has 0 saturated carbocycles. The molecule has 164 valence electrons. The van der Waals surface area contributed by atoms with Gasteiger partial charge in [-0.15, -0.1) is 0 Å². The molecule has 0 fully saturated rings. The van der Waals surface area contributed by atoms with Crippen molar-refractivity contribution in [3.8, 4) is 17.3 Å². The van der Waals surface area contributed by atoms with Gasteiger partial charge in [0.25, 0.3) is 0 Å². The minimum Gasteiger partial charge on any atom is -0.439 e. The quantitative estimate of drug-likeness (QED) is 0.391. The van der Waals surface area contributed by atoms with Crippen molar-refractivity contribution in [2.75, 3.05) is 6.54 Å². The van der Waals surface area contributed by atoms with Crippen LogP contribution in [0.5, 0.6) is 11.6 Å². The molecule has 4 aromatic rings. The molecule has 1 aromatic heterocycles. The second-order valence-corrected chi connectivity index (χ2v) is 8.04. The van der Waals surface area contributed by atoms with Crippen molar-refractivity contribution in [3.63, 3.8) is 0 Å². The zero-order chi connectivity index (χ0) is 22.3. The van der Waals surface area contributed by atoms with Crippen molar-refractivity contribution in [2.24, 2.45) is 0 Å². The van der Waals surface area contributed by atoms with Gasteiger partial charge in [0.05, 0.1) is 23.0 Å². The average Bonchev–Trinajstić information content (AvgIpc) is 3.10. The Morgan fingerprint density at radius 3 is 2.09 bits per heavy atom. The molecule has 32 heavy (non-hydrogen) atoms. The van der Waals surface area contributed by atoms with Crippen molar-refractivity contribution in [3.05, 3.63) is 108 Å². The predicted molar refractivity (Wildman–Crippen MR) is 127 cm³/mol. The monoisotopic (exact) mass is 427 g/mol. The fraction of sp³-hybridized carbons (Fsp3) is 0.222. The first-order valence-corrected chi connectivity index (χ1v) is 10.9. The minimum absolute atomic E-state index is 0.443. The number of aliphatic hydroxyl groups excluding tert-OH is 1. The van der Waals surface area contributed by atoms with E-state index in [0.717, 1.165) is 29.2 Å². The summed E-state index contributed by atoms with van der Waals surface area (Å²) >= 11 is 0. The highest BCUT2D eigenvalue weighted by Crippen LogP contribution is 2.32. The molecule has 0 radical (unpaired) electrons. The van der Waals surface area contributed by atoms with Crippen LogP contribution in [-0.2, 0) is 13.1 Å². The molecule has 1 heterocycles. The Balaban J connectivity index is 1.71. The molecule has 1 atom stereocenters. The number of benzene rings is 3. The molecular weight excluding hydrogens is 398 g/mol. The first kappa shape index (κ1) is 21.8. The average molecular weight is 428 g/mol. The van der Waals surface area contributed by atoms with Crippen LogP contribution in [0.3, 0.4) is 0 Å². The molecular formula is C27H29N3O2. The zero-order valence-corrected chi connectivity index (χ0v) is 18.6. The molecule has 0 aliphatic carbocycles. The van der Waals surface area contributed by atoms with Gasteiger partial charge >= 0.3 is 0 Å². The molecule has 0 bridgehead atoms. The number of rotatable bonds is 9. The van der Waals surface area contributed by atoms with Gasteiger partial charge in [0.1, 0.15) is 5.75 Å². The van der Waals surface area contributed by atoms with Gasteiger partial charge < -0.3 is 9.84 Å². The predicted octanol–water partition coefficient (Wildman–Crippen LogP) is 5.36. The van der Waals surface area contributed by atoms with Gasteiger partial charge in [-0.25, -0.2) is 4.68 Å². The smallest absolute Gasteiger partial charge is 0.227 e. The standard InChI is InChI=1S/C27H29N3O2/c1-21(31)18-29(19-23-12-6-3-7-13-23)20-26-22(2)28-30(24-14-8-4-9-15-24)27(26)32-25-16-10-5-11-17-25/h3-17,21,31H,18-20H2,1-2H3/t21-/m1/s1. The van der Waals surface area contributed by atoms with E-state index in [1.165, 1.54) is 5.56 Å². The van der Waals surface area contributed by atoms with Gasteiger partial charge in [-0.3, -0.25) is 4.90 Å². The zero-order valence-electron chi connectivity index (χ0n) is 18.6. The third-order valence-corrected chi connectivity index (χ3v) is 5.25. The maximum absolute atomic E-state index is 10.1.